The fourth-order valence-corrected chi connectivity index (χ4v) is 5.24. The molecule has 1 fully saturated rings. The molecule has 1 aliphatic heterocycles. The maximum Gasteiger partial charge on any atom is 0.333 e. The predicted octanol–water partition coefficient (Wildman–Crippen LogP) is 3.65. The number of phenols is 5. The molecule has 0 radical (unpaired) electrons. The lowest BCUT2D eigenvalue weighted by atomic mass is 10.0. The minimum Gasteiger partial charge on any atom is -0.508 e. The van der Waals surface area contributed by atoms with E-state index in [1.807, 2.05) is 0 Å². The predicted molar refractivity (Wildman–Crippen MR) is 184 cm³/mol. The van der Waals surface area contributed by atoms with Gasteiger partial charge in [-0.3, -0.25) is 9.53 Å². The molecule has 0 saturated carbocycles. The van der Waals surface area contributed by atoms with E-state index in [9.17, 15) is 50.1 Å². The topological polar surface area (TPSA) is 243 Å². The summed E-state index contributed by atoms with van der Waals surface area (Å²) in [6, 6.07) is 18.8. The Hall–Kier alpha value is -6.81. The molecule has 7 N–H and O–H groups in total. The van der Waals surface area contributed by atoms with Gasteiger partial charge in [0.2, 0.25) is 23.8 Å². The third kappa shape index (κ3) is 8.23. The van der Waals surface area contributed by atoms with Crippen molar-refractivity contribution in [3.05, 3.63) is 118 Å². The van der Waals surface area contributed by atoms with Gasteiger partial charge in [0.05, 0.1) is 0 Å². The van der Waals surface area contributed by atoms with E-state index in [1.165, 1.54) is 84.9 Å². The molecule has 1 aliphatic rings. The molecule has 5 atom stereocenters. The summed E-state index contributed by atoms with van der Waals surface area (Å²) in [6.45, 7) is 0. The lowest BCUT2D eigenvalue weighted by molar-refractivity contribution is -0.324. The molecule has 4 aromatic carbocycles. The van der Waals surface area contributed by atoms with Gasteiger partial charge in [0.15, 0.2) is 11.9 Å². The van der Waals surface area contributed by atoms with Crippen LogP contribution < -0.4 is 10.2 Å². The summed E-state index contributed by atoms with van der Waals surface area (Å²) in [4.78, 5) is 39.7. The normalized spacial score (nSPS) is 20.1. The third-order valence-electron chi connectivity index (χ3n) is 7.88. The molecular weight excluding hydrogens is 696 g/mol. The van der Waals surface area contributed by atoms with Gasteiger partial charge < -0.3 is 54.4 Å². The quantitative estimate of drug-likeness (QED) is 0.0847. The highest BCUT2D eigenvalue weighted by atomic mass is 16.8. The molecular formula is C38H30O15. The van der Waals surface area contributed by atoms with Crippen LogP contribution in [0.5, 0.6) is 34.5 Å². The summed E-state index contributed by atoms with van der Waals surface area (Å²) in [5.41, 5.74) is -0.122. The molecule has 15 heteroatoms. The average Bonchev–Trinajstić information content (AvgIpc) is 3.12. The summed E-state index contributed by atoms with van der Waals surface area (Å²) >= 11 is 0. The monoisotopic (exact) mass is 726 g/mol. The van der Waals surface area contributed by atoms with Crippen LogP contribution in [0.2, 0.25) is 0 Å². The van der Waals surface area contributed by atoms with E-state index in [0.717, 1.165) is 24.3 Å². The van der Waals surface area contributed by atoms with E-state index < -0.39 is 70.9 Å². The molecule has 272 valence electrons. The first-order valence-electron chi connectivity index (χ1n) is 15.7. The molecule has 1 aromatic heterocycles. The van der Waals surface area contributed by atoms with Crippen LogP contribution in [0, 0.1) is 0 Å². The van der Waals surface area contributed by atoms with Gasteiger partial charge in [-0.15, -0.1) is 0 Å². The first-order chi connectivity index (χ1) is 25.4. The average molecular weight is 727 g/mol. The number of benzene rings is 4. The number of aliphatic hydroxyl groups excluding tert-OH is 2. The van der Waals surface area contributed by atoms with Crippen molar-refractivity contribution in [2.45, 2.75) is 30.9 Å². The van der Waals surface area contributed by atoms with E-state index in [4.69, 9.17) is 23.4 Å². The number of aliphatic hydroxyl groups is 2. The minimum atomic E-state index is -2.08. The first-order valence-corrected chi connectivity index (χ1v) is 15.7. The van der Waals surface area contributed by atoms with E-state index in [0.29, 0.717) is 11.1 Å². The van der Waals surface area contributed by atoms with Crippen molar-refractivity contribution >= 4 is 35.1 Å². The minimum absolute atomic E-state index is 0.00479. The summed E-state index contributed by atoms with van der Waals surface area (Å²) in [7, 11) is 0. The second-order valence-electron chi connectivity index (χ2n) is 11.6. The number of hydrogen-bond donors (Lipinski definition) is 7. The summed E-state index contributed by atoms with van der Waals surface area (Å²) in [5.74, 6) is -4.35. The number of hydrogen-bond acceptors (Lipinski definition) is 15. The van der Waals surface area contributed by atoms with Crippen LogP contribution in [-0.4, -0.2) is 78.6 Å². The SMILES string of the molecule is O=C(/C=C/c1ccc(O)cc1)O[C@@H]1O[C@@H](Oc2c(-c3ccc(O)cc3)oc3cc(O)cc(O)c3c2=O)[C@H](O)[C@H](O)[C@H]1OC(=O)/C=C/c1ccc(O)cc1. The van der Waals surface area contributed by atoms with E-state index >= 15 is 0 Å². The Labute approximate surface area is 298 Å². The Morgan fingerprint density at radius 1 is 0.642 bits per heavy atom. The number of carbonyl (C=O) groups is 2. The van der Waals surface area contributed by atoms with Crippen LogP contribution in [0.1, 0.15) is 11.1 Å². The van der Waals surface area contributed by atoms with E-state index in [1.54, 1.807) is 0 Å². The Morgan fingerprint density at radius 3 is 1.74 bits per heavy atom. The smallest absolute Gasteiger partial charge is 0.333 e. The molecule has 0 amide bonds. The van der Waals surface area contributed by atoms with Crippen molar-refractivity contribution in [3.63, 3.8) is 0 Å². The highest BCUT2D eigenvalue weighted by Gasteiger charge is 2.50. The van der Waals surface area contributed by atoms with Crippen molar-refractivity contribution in [2.24, 2.45) is 0 Å². The lowest BCUT2D eigenvalue weighted by Gasteiger charge is -2.40. The van der Waals surface area contributed by atoms with Crippen LogP contribution >= 0.6 is 0 Å². The molecule has 0 aliphatic carbocycles. The first kappa shape index (κ1) is 36.0. The third-order valence-corrected chi connectivity index (χ3v) is 7.88. The van der Waals surface area contributed by atoms with Gasteiger partial charge in [0, 0.05) is 29.8 Å². The molecule has 0 unspecified atom stereocenters. The molecule has 0 spiro atoms. The van der Waals surface area contributed by atoms with Crippen molar-refractivity contribution in [2.75, 3.05) is 0 Å². The molecule has 2 heterocycles. The number of carbonyl (C=O) groups excluding carboxylic acids is 2. The zero-order chi connectivity index (χ0) is 37.8. The number of ether oxygens (including phenoxy) is 4. The number of phenolic OH excluding ortho intramolecular Hbond substituents is 5. The van der Waals surface area contributed by atoms with Crippen LogP contribution in [-0.2, 0) is 23.8 Å². The van der Waals surface area contributed by atoms with Crippen molar-refractivity contribution in [1.82, 2.24) is 0 Å². The van der Waals surface area contributed by atoms with Crippen LogP contribution in [0.25, 0.3) is 34.4 Å². The van der Waals surface area contributed by atoms with Crippen molar-refractivity contribution < 1.29 is 68.7 Å². The fourth-order valence-electron chi connectivity index (χ4n) is 5.24. The van der Waals surface area contributed by atoms with Crippen LogP contribution in [0.15, 0.2) is 106 Å². The van der Waals surface area contributed by atoms with Gasteiger partial charge in [0.25, 0.3) is 0 Å². The molecule has 1 saturated heterocycles. The Morgan fingerprint density at radius 2 is 1.17 bits per heavy atom. The fraction of sp³-hybridized carbons (Fsp3) is 0.132. The Kier molecular flexibility index (Phi) is 10.3. The number of aromatic hydroxyl groups is 5. The maximum absolute atomic E-state index is 13.8. The highest BCUT2D eigenvalue weighted by Crippen LogP contribution is 2.38. The molecule has 53 heavy (non-hydrogen) atoms. The highest BCUT2D eigenvalue weighted by molar-refractivity contribution is 5.89. The Balaban J connectivity index is 1.33. The molecule has 5 aromatic rings. The second kappa shape index (κ2) is 15.2. The second-order valence-corrected chi connectivity index (χ2v) is 11.6. The maximum atomic E-state index is 13.8. The molecule has 15 nitrogen and oxygen atoms in total. The summed E-state index contributed by atoms with van der Waals surface area (Å²) < 4.78 is 28.2. The largest absolute Gasteiger partial charge is 0.508 e. The van der Waals surface area contributed by atoms with Crippen molar-refractivity contribution in [1.29, 1.82) is 0 Å². The van der Waals surface area contributed by atoms with Gasteiger partial charge >= 0.3 is 11.9 Å². The summed E-state index contributed by atoms with van der Waals surface area (Å²) in [5, 5.41) is 71.4. The van der Waals surface area contributed by atoms with Gasteiger partial charge in [-0.2, -0.15) is 0 Å². The van der Waals surface area contributed by atoms with Crippen molar-refractivity contribution in [3.8, 4) is 45.8 Å². The number of esters is 2. The van der Waals surface area contributed by atoms with E-state index in [2.05, 4.69) is 0 Å². The van der Waals surface area contributed by atoms with Gasteiger partial charge in [-0.25, -0.2) is 9.59 Å². The van der Waals surface area contributed by atoms with Gasteiger partial charge in [0.1, 0.15) is 51.9 Å². The van der Waals surface area contributed by atoms with Gasteiger partial charge in [-0.1, -0.05) is 24.3 Å². The zero-order valence-electron chi connectivity index (χ0n) is 27.2. The molecule has 6 rings (SSSR count). The standard InChI is InChI=1S/C38H30O15/c39-22-9-1-19(2-10-22)5-15-28(44)50-36-32(47)33(48)37(53-38(36)51-29(45)16-6-20-3-11-23(40)12-4-20)52-35-31(46)30-26(43)17-25(42)18-27(30)49-34(35)21-7-13-24(41)14-8-21/h1-18,32-33,36-43,47-48H/b15-5+,16-6+/t32-,33+,36+,37+,38+/m0/s1. The zero-order valence-corrected chi connectivity index (χ0v) is 27.2. The lowest BCUT2D eigenvalue weighted by Crippen LogP contribution is -2.61. The summed E-state index contributed by atoms with van der Waals surface area (Å²) in [6.07, 6.45) is -5.35. The number of fused-ring (bicyclic) bond motifs is 1. The van der Waals surface area contributed by atoms with Gasteiger partial charge in [-0.05, 0) is 71.8 Å². The van der Waals surface area contributed by atoms with Crippen LogP contribution in [0.3, 0.4) is 0 Å². The van der Waals surface area contributed by atoms with Crippen LogP contribution in [0.4, 0.5) is 0 Å². The number of rotatable bonds is 9. The Bertz CT molecular complexity index is 2240. The molecule has 0 bridgehead atoms. The van der Waals surface area contributed by atoms with E-state index in [-0.39, 0.29) is 34.2 Å².